The van der Waals surface area contributed by atoms with Crippen LogP contribution in [0, 0.1) is 11.8 Å². The second kappa shape index (κ2) is 6.75. The topological polar surface area (TPSA) is 15.3 Å². The Hall–Kier alpha value is -0.0800. The van der Waals surface area contributed by atoms with E-state index in [9.17, 15) is 0 Å². The summed E-state index contributed by atoms with van der Waals surface area (Å²) in [6, 6.07) is 0.755. The molecule has 2 fully saturated rings. The summed E-state index contributed by atoms with van der Waals surface area (Å²) in [5.41, 5.74) is 0. The highest BCUT2D eigenvalue weighted by Crippen LogP contribution is 2.29. The van der Waals surface area contributed by atoms with Gasteiger partial charge in [0.15, 0.2) is 0 Å². The number of hydrogen-bond acceptors (Lipinski definition) is 2. The van der Waals surface area contributed by atoms with Gasteiger partial charge in [0.2, 0.25) is 0 Å². The minimum Gasteiger partial charge on any atom is -0.313 e. The zero-order valence-corrected chi connectivity index (χ0v) is 11.8. The minimum absolute atomic E-state index is 0.755. The van der Waals surface area contributed by atoms with Crippen LogP contribution in [0.2, 0.25) is 0 Å². The molecule has 1 aliphatic heterocycles. The third-order valence-electron chi connectivity index (χ3n) is 4.54. The van der Waals surface area contributed by atoms with Crippen molar-refractivity contribution in [2.24, 2.45) is 11.8 Å². The first-order chi connectivity index (χ1) is 8.31. The van der Waals surface area contributed by atoms with E-state index >= 15 is 0 Å². The summed E-state index contributed by atoms with van der Waals surface area (Å²) >= 11 is 0. The van der Waals surface area contributed by atoms with E-state index in [1.165, 1.54) is 58.2 Å². The summed E-state index contributed by atoms with van der Waals surface area (Å²) in [6.45, 7) is 9.73. The SMILES string of the molecule is CCCC1CC(NCC)CN(CC2CCC2)C1. The van der Waals surface area contributed by atoms with Gasteiger partial charge in [-0.3, -0.25) is 0 Å². The lowest BCUT2D eigenvalue weighted by Crippen LogP contribution is -2.50. The van der Waals surface area contributed by atoms with E-state index < -0.39 is 0 Å². The predicted molar refractivity (Wildman–Crippen MR) is 74.3 cm³/mol. The molecule has 100 valence electrons. The van der Waals surface area contributed by atoms with Crippen molar-refractivity contribution in [3.8, 4) is 0 Å². The second-order valence-corrected chi connectivity index (χ2v) is 6.16. The third kappa shape index (κ3) is 3.96. The highest BCUT2D eigenvalue weighted by atomic mass is 15.2. The highest BCUT2D eigenvalue weighted by Gasteiger charge is 2.29. The van der Waals surface area contributed by atoms with Crippen molar-refractivity contribution in [1.29, 1.82) is 0 Å². The van der Waals surface area contributed by atoms with Crippen molar-refractivity contribution in [3.63, 3.8) is 0 Å². The molecule has 0 aromatic carbocycles. The Labute approximate surface area is 107 Å². The normalized spacial score (nSPS) is 31.4. The number of likely N-dealkylation sites (N-methyl/N-ethyl adjacent to an activating group) is 1. The van der Waals surface area contributed by atoms with E-state index in [-0.39, 0.29) is 0 Å². The van der Waals surface area contributed by atoms with Crippen LogP contribution in [-0.2, 0) is 0 Å². The van der Waals surface area contributed by atoms with Gasteiger partial charge in [-0.2, -0.15) is 0 Å². The van der Waals surface area contributed by atoms with Gasteiger partial charge in [0, 0.05) is 25.7 Å². The molecule has 17 heavy (non-hydrogen) atoms. The van der Waals surface area contributed by atoms with Crippen molar-refractivity contribution in [3.05, 3.63) is 0 Å². The molecule has 2 nitrogen and oxygen atoms in total. The van der Waals surface area contributed by atoms with Crippen LogP contribution < -0.4 is 5.32 Å². The van der Waals surface area contributed by atoms with Gasteiger partial charge < -0.3 is 10.2 Å². The Kier molecular flexibility index (Phi) is 5.30. The average Bonchev–Trinajstić information content (AvgIpc) is 2.24. The van der Waals surface area contributed by atoms with Crippen molar-refractivity contribution in [2.45, 2.75) is 58.4 Å². The maximum Gasteiger partial charge on any atom is 0.0198 e. The summed E-state index contributed by atoms with van der Waals surface area (Å²) in [6.07, 6.45) is 8.63. The van der Waals surface area contributed by atoms with E-state index in [2.05, 4.69) is 24.1 Å². The predicted octanol–water partition coefficient (Wildman–Crippen LogP) is 2.89. The zero-order valence-electron chi connectivity index (χ0n) is 11.8. The Morgan fingerprint density at radius 1 is 1.12 bits per heavy atom. The monoisotopic (exact) mass is 238 g/mol. The fourth-order valence-corrected chi connectivity index (χ4v) is 3.55. The largest absolute Gasteiger partial charge is 0.313 e. The number of hydrogen-bond donors (Lipinski definition) is 1. The molecular weight excluding hydrogens is 208 g/mol. The van der Waals surface area contributed by atoms with Crippen LogP contribution in [0.15, 0.2) is 0 Å². The van der Waals surface area contributed by atoms with Crippen molar-refractivity contribution >= 4 is 0 Å². The number of piperidine rings is 1. The van der Waals surface area contributed by atoms with E-state index in [1.807, 2.05) is 0 Å². The smallest absolute Gasteiger partial charge is 0.0198 e. The number of nitrogens with zero attached hydrogens (tertiary/aromatic N) is 1. The van der Waals surface area contributed by atoms with Crippen molar-refractivity contribution < 1.29 is 0 Å². The first-order valence-corrected chi connectivity index (χ1v) is 7.77. The van der Waals surface area contributed by atoms with E-state index in [0.29, 0.717) is 0 Å². The summed E-state index contributed by atoms with van der Waals surface area (Å²) in [5.74, 6) is 1.97. The van der Waals surface area contributed by atoms with Gasteiger partial charge in [-0.1, -0.05) is 26.7 Å². The van der Waals surface area contributed by atoms with Gasteiger partial charge in [-0.15, -0.1) is 0 Å². The molecule has 2 atom stereocenters. The van der Waals surface area contributed by atoms with E-state index in [4.69, 9.17) is 0 Å². The quantitative estimate of drug-likeness (QED) is 0.765. The summed E-state index contributed by atoms with van der Waals surface area (Å²) < 4.78 is 0. The first-order valence-electron chi connectivity index (χ1n) is 7.77. The van der Waals surface area contributed by atoms with E-state index in [1.54, 1.807) is 0 Å². The Balaban J connectivity index is 1.81. The molecule has 1 aliphatic carbocycles. The van der Waals surface area contributed by atoms with Crippen LogP contribution in [0.1, 0.15) is 52.4 Å². The van der Waals surface area contributed by atoms with Crippen LogP contribution in [0.5, 0.6) is 0 Å². The average molecular weight is 238 g/mol. The maximum atomic E-state index is 3.67. The number of nitrogens with one attached hydrogen (secondary N) is 1. The Morgan fingerprint density at radius 2 is 1.94 bits per heavy atom. The van der Waals surface area contributed by atoms with Gasteiger partial charge >= 0.3 is 0 Å². The van der Waals surface area contributed by atoms with Crippen LogP contribution >= 0.6 is 0 Å². The number of rotatable bonds is 6. The van der Waals surface area contributed by atoms with Crippen molar-refractivity contribution in [1.82, 2.24) is 10.2 Å². The molecule has 0 radical (unpaired) electrons. The van der Waals surface area contributed by atoms with Gasteiger partial charge in [0.05, 0.1) is 0 Å². The molecule has 2 rings (SSSR count). The lowest BCUT2D eigenvalue weighted by molar-refractivity contribution is 0.0989. The summed E-state index contributed by atoms with van der Waals surface area (Å²) in [4.78, 5) is 2.75. The molecule has 1 heterocycles. The molecule has 0 aromatic rings. The Bertz CT molecular complexity index is 199. The lowest BCUT2D eigenvalue weighted by atomic mass is 9.83. The minimum atomic E-state index is 0.755. The molecule has 0 spiro atoms. The molecule has 2 aliphatic rings. The molecule has 2 heteroatoms. The van der Waals surface area contributed by atoms with Crippen LogP contribution in [0.4, 0.5) is 0 Å². The molecule has 2 unspecified atom stereocenters. The fraction of sp³-hybridized carbons (Fsp3) is 1.00. The van der Waals surface area contributed by atoms with Crippen molar-refractivity contribution in [2.75, 3.05) is 26.2 Å². The van der Waals surface area contributed by atoms with Crippen LogP contribution in [0.3, 0.4) is 0 Å². The summed E-state index contributed by atoms with van der Waals surface area (Å²) in [7, 11) is 0. The van der Waals surface area contributed by atoms with Crippen LogP contribution in [0.25, 0.3) is 0 Å². The molecule has 1 saturated carbocycles. The molecule has 1 N–H and O–H groups in total. The highest BCUT2D eigenvalue weighted by molar-refractivity contribution is 4.85. The Morgan fingerprint density at radius 3 is 2.53 bits per heavy atom. The van der Waals surface area contributed by atoms with Gasteiger partial charge in [-0.05, 0) is 44.1 Å². The molecule has 1 saturated heterocycles. The molecule has 0 bridgehead atoms. The van der Waals surface area contributed by atoms with Gasteiger partial charge in [0.25, 0.3) is 0 Å². The molecular formula is C15H30N2. The zero-order chi connectivity index (χ0) is 12.1. The van der Waals surface area contributed by atoms with Gasteiger partial charge in [0.1, 0.15) is 0 Å². The fourth-order valence-electron chi connectivity index (χ4n) is 3.55. The maximum absolute atomic E-state index is 3.67. The first kappa shape index (κ1) is 13.4. The third-order valence-corrected chi connectivity index (χ3v) is 4.54. The van der Waals surface area contributed by atoms with Crippen LogP contribution in [-0.4, -0.2) is 37.1 Å². The molecule has 0 aromatic heterocycles. The standard InChI is InChI=1S/C15H30N2/c1-3-6-14-9-15(16-4-2)12-17(11-14)10-13-7-5-8-13/h13-16H,3-12H2,1-2H3. The van der Waals surface area contributed by atoms with E-state index in [0.717, 1.165) is 24.4 Å². The van der Waals surface area contributed by atoms with Gasteiger partial charge in [-0.25, -0.2) is 0 Å². The lowest BCUT2D eigenvalue weighted by Gasteiger charge is -2.41. The number of likely N-dealkylation sites (tertiary alicyclic amines) is 1. The molecule has 0 amide bonds. The second-order valence-electron chi connectivity index (χ2n) is 6.16. The summed E-state index contributed by atoms with van der Waals surface area (Å²) in [5, 5.41) is 3.67.